The highest BCUT2D eigenvalue weighted by Gasteiger charge is 2.18. The third-order valence-electron chi connectivity index (χ3n) is 3.28. The van der Waals surface area contributed by atoms with Crippen LogP contribution in [0.1, 0.15) is 16.8 Å². The van der Waals surface area contributed by atoms with Crippen molar-refractivity contribution < 1.29 is 8.42 Å². The van der Waals surface area contributed by atoms with Crippen molar-refractivity contribution in [3.8, 4) is 0 Å². The lowest BCUT2D eigenvalue weighted by atomic mass is 10.2. The molecule has 0 radical (unpaired) electrons. The Bertz CT molecular complexity index is 891. The summed E-state index contributed by atoms with van der Waals surface area (Å²) in [5.74, 6) is 5.77. The molecule has 2 aromatic rings. The minimum atomic E-state index is -3.41. The Hall–Kier alpha value is -1.87. The molecular formula is C14H18N4O3S2. The molecular weight excluding hydrogens is 336 g/mol. The van der Waals surface area contributed by atoms with Gasteiger partial charge in [0, 0.05) is 5.75 Å². The predicted octanol–water partition coefficient (Wildman–Crippen LogP) is 0.843. The van der Waals surface area contributed by atoms with Crippen LogP contribution in [0.15, 0.2) is 33.0 Å². The average Bonchev–Trinajstić information content (AvgIpc) is 2.49. The van der Waals surface area contributed by atoms with E-state index in [1.165, 1.54) is 6.92 Å². The Balaban J connectivity index is 2.13. The second-order valence-electron chi connectivity index (χ2n) is 5.18. The molecule has 1 aromatic carbocycles. The van der Waals surface area contributed by atoms with Gasteiger partial charge in [-0.1, -0.05) is 23.9 Å². The number of aryl methyl sites for hydroxylation is 3. The number of hydrogen-bond donors (Lipinski definition) is 1. The summed E-state index contributed by atoms with van der Waals surface area (Å²) in [5, 5.41) is 7.72. The molecule has 0 atom stereocenters. The number of nitrogens with two attached hydrogens (primary N) is 1. The van der Waals surface area contributed by atoms with E-state index in [1.807, 2.05) is 13.0 Å². The third-order valence-corrected chi connectivity index (χ3v) is 6.34. The number of benzene rings is 1. The molecule has 0 aliphatic rings. The van der Waals surface area contributed by atoms with Crippen LogP contribution in [0, 0.1) is 20.8 Å². The number of nitrogens with zero attached hydrogens (tertiary/aromatic N) is 3. The maximum Gasteiger partial charge on any atom is 0.294 e. The topological polar surface area (TPSA) is 108 Å². The first kappa shape index (κ1) is 17.5. The van der Waals surface area contributed by atoms with Gasteiger partial charge in [0.05, 0.1) is 10.6 Å². The van der Waals surface area contributed by atoms with Crippen LogP contribution in [0.2, 0.25) is 0 Å². The van der Waals surface area contributed by atoms with E-state index in [4.69, 9.17) is 5.84 Å². The Labute approximate surface area is 138 Å². The van der Waals surface area contributed by atoms with E-state index < -0.39 is 15.4 Å². The second-order valence-corrected chi connectivity index (χ2v) is 8.32. The van der Waals surface area contributed by atoms with Gasteiger partial charge in [0.25, 0.3) is 5.56 Å². The molecule has 0 saturated heterocycles. The van der Waals surface area contributed by atoms with Crippen molar-refractivity contribution in [2.45, 2.75) is 30.8 Å². The Kier molecular flexibility index (Phi) is 5.10. The van der Waals surface area contributed by atoms with Crippen molar-refractivity contribution in [1.82, 2.24) is 14.9 Å². The fraction of sp³-hybridized carbons (Fsp3) is 0.357. The molecule has 124 valence electrons. The number of thioether (sulfide) groups is 1. The zero-order chi connectivity index (χ0) is 17.2. The molecule has 0 spiro atoms. The highest BCUT2D eigenvalue weighted by Crippen LogP contribution is 2.20. The number of sulfone groups is 1. The highest BCUT2D eigenvalue weighted by molar-refractivity contribution is 8.00. The van der Waals surface area contributed by atoms with E-state index in [2.05, 4.69) is 10.2 Å². The number of hydrogen-bond acceptors (Lipinski definition) is 7. The molecule has 9 heteroatoms. The van der Waals surface area contributed by atoms with Crippen LogP contribution < -0.4 is 11.4 Å². The lowest BCUT2D eigenvalue weighted by Gasteiger charge is -2.09. The smallest absolute Gasteiger partial charge is 0.294 e. The lowest BCUT2D eigenvalue weighted by Crippen LogP contribution is -2.32. The van der Waals surface area contributed by atoms with Crippen molar-refractivity contribution in [1.29, 1.82) is 0 Å². The van der Waals surface area contributed by atoms with Crippen molar-refractivity contribution in [3.63, 3.8) is 0 Å². The first-order valence-corrected chi connectivity index (χ1v) is 9.50. The minimum absolute atomic E-state index is 0.0777. The molecule has 1 heterocycles. The predicted molar refractivity (Wildman–Crippen MR) is 89.9 cm³/mol. The first-order valence-electron chi connectivity index (χ1n) is 6.86. The zero-order valence-electron chi connectivity index (χ0n) is 13.1. The summed E-state index contributed by atoms with van der Waals surface area (Å²) < 4.78 is 25.8. The van der Waals surface area contributed by atoms with Crippen molar-refractivity contribution in [2.24, 2.45) is 0 Å². The SMILES string of the molecule is Cc1ccc(C)c(S(=O)(=O)CCSc2nnc(C)c(=O)n2N)c1. The number of nitrogen functional groups attached to an aromatic ring is 1. The molecule has 7 nitrogen and oxygen atoms in total. The van der Waals surface area contributed by atoms with Gasteiger partial charge in [0.15, 0.2) is 9.84 Å². The second kappa shape index (κ2) is 6.71. The van der Waals surface area contributed by atoms with Gasteiger partial charge < -0.3 is 5.84 Å². The van der Waals surface area contributed by atoms with E-state index in [1.54, 1.807) is 19.1 Å². The van der Waals surface area contributed by atoms with Crippen LogP contribution in [0.3, 0.4) is 0 Å². The van der Waals surface area contributed by atoms with Gasteiger partial charge in [-0.15, -0.1) is 10.2 Å². The molecule has 2 N–H and O–H groups in total. The summed E-state index contributed by atoms with van der Waals surface area (Å²) in [5.41, 5.74) is 1.35. The lowest BCUT2D eigenvalue weighted by molar-refractivity contribution is 0.597. The molecule has 0 unspecified atom stereocenters. The van der Waals surface area contributed by atoms with Gasteiger partial charge in [-0.05, 0) is 38.0 Å². The maximum atomic E-state index is 12.5. The van der Waals surface area contributed by atoms with Crippen LogP contribution in [0.5, 0.6) is 0 Å². The number of rotatable bonds is 5. The van der Waals surface area contributed by atoms with Gasteiger partial charge in [-0.2, -0.15) is 4.68 Å². The van der Waals surface area contributed by atoms with E-state index >= 15 is 0 Å². The molecule has 2 rings (SSSR count). The molecule has 0 amide bonds. The van der Waals surface area contributed by atoms with Gasteiger partial charge in [0.2, 0.25) is 5.16 Å². The van der Waals surface area contributed by atoms with Crippen molar-refractivity contribution in [3.05, 3.63) is 45.4 Å². The minimum Gasteiger partial charge on any atom is -0.334 e. The summed E-state index contributed by atoms with van der Waals surface area (Å²) in [6.45, 7) is 5.13. The van der Waals surface area contributed by atoms with Gasteiger partial charge in [-0.3, -0.25) is 4.79 Å². The maximum absolute atomic E-state index is 12.5. The van der Waals surface area contributed by atoms with E-state index in [-0.39, 0.29) is 22.4 Å². The van der Waals surface area contributed by atoms with E-state index in [0.29, 0.717) is 10.5 Å². The number of aromatic nitrogens is 3. The monoisotopic (exact) mass is 354 g/mol. The Morgan fingerprint density at radius 3 is 2.61 bits per heavy atom. The summed E-state index contributed by atoms with van der Waals surface area (Å²) in [7, 11) is -3.41. The summed E-state index contributed by atoms with van der Waals surface area (Å²) >= 11 is 1.09. The highest BCUT2D eigenvalue weighted by atomic mass is 32.2. The van der Waals surface area contributed by atoms with Gasteiger partial charge in [-0.25, -0.2) is 8.42 Å². The fourth-order valence-corrected chi connectivity index (χ4v) is 4.82. The molecule has 0 fully saturated rings. The molecule has 0 aliphatic heterocycles. The van der Waals surface area contributed by atoms with E-state index in [9.17, 15) is 13.2 Å². The molecule has 0 saturated carbocycles. The summed E-state index contributed by atoms with van der Waals surface area (Å²) in [6.07, 6.45) is 0. The van der Waals surface area contributed by atoms with Gasteiger partial charge >= 0.3 is 0 Å². The van der Waals surface area contributed by atoms with Crippen LogP contribution in [0.25, 0.3) is 0 Å². The zero-order valence-corrected chi connectivity index (χ0v) is 14.7. The normalized spacial score (nSPS) is 11.6. The molecule has 1 aromatic heterocycles. The van der Waals surface area contributed by atoms with Crippen LogP contribution in [-0.2, 0) is 9.84 Å². The fourth-order valence-electron chi connectivity index (χ4n) is 1.96. The largest absolute Gasteiger partial charge is 0.334 e. The third kappa shape index (κ3) is 3.91. The van der Waals surface area contributed by atoms with Gasteiger partial charge in [0.1, 0.15) is 5.69 Å². The molecule has 0 aliphatic carbocycles. The van der Waals surface area contributed by atoms with Crippen LogP contribution >= 0.6 is 11.8 Å². The van der Waals surface area contributed by atoms with E-state index in [0.717, 1.165) is 22.0 Å². The quantitative estimate of drug-likeness (QED) is 0.626. The molecule has 0 bridgehead atoms. The van der Waals surface area contributed by atoms with Crippen molar-refractivity contribution >= 4 is 21.6 Å². The standard InChI is InChI=1S/C14H18N4O3S2/c1-9-4-5-10(2)12(8-9)23(20,21)7-6-22-14-17-16-11(3)13(19)18(14)15/h4-5,8H,6-7,15H2,1-3H3. The van der Waals surface area contributed by atoms with Crippen molar-refractivity contribution in [2.75, 3.05) is 17.3 Å². The Morgan fingerprint density at radius 1 is 1.22 bits per heavy atom. The average molecular weight is 354 g/mol. The summed E-state index contributed by atoms with van der Waals surface area (Å²) in [6, 6.07) is 5.33. The van der Waals surface area contributed by atoms with Crippen LogP contribution in [0.4, 0.5) is 0 Å². The van der Waals surface area contributed by atoms with Crippen LogP contribution in [-0.4, -0.2) is 34.8 Å². The molecule has 23 heavy (non-hydrogen) atoms. The Morgan fingerprint density at radius 2 is 1.91 bits per heavy atom. The summed E-state index contributed by atoms with van der Waals surface area (Å²) in [4.78, 5) is 12.0. The first-order chi connectivity index (χ1) is 10.7.